The fourth-order valence-corrected chi connectivity index (χ4v) is 7.58. The molecule has 8 nitrogen and oxygen atoms in total. The zero-order chi connectivity index (χ0) is 36.9. The van der Waals surface area contributed by atoms with Crippen molar-refractivity contribution in [2.45, 2.75) is 123 Å². The summed E-state index contributed by atoms with van der Waals surface area (Å²) in [5.41, 5.74) is 6.02. The molecule has 2 aromatic heterocycles. The van der Waals surface area contributed by atoms with Crippen molar-refractivity contribution in [1.82, 2.24) is 9.38 Å². The van der Waals surface area contributed by atoms with E-state index in [-0.39, 0.29) is 22.9 Å². The third-order valence-corrected chi connectivity index (χ3v) is 10.1. The van der Waals surface area contributed by atoms with Gasteiger partial charge in [0.05, 0.1) is 34.4 Å². The van der Waals surface area contributed by atoms with Gasteiger partial charge in [0.1, 0.15) is 11.6 Å². The van der Waals surface area contributed by atoms with E-state index in [1.165, 1.54) is 12.1 Å². The van der Waals surface area contributed by atoms with Crippen LogP contribution in [0.5, 0.6) is 5.75 Å². The molecule has 2 aromatic carbocycles. The Hall–Kier alpha value is -3.95. The van der Waals surface area contributed by atoms with Crippen LogP contribution in [-0.2, 0) is 19.7 Å². The molecule has 3 aliphatic rings. The second-order valence-electron chi connectivity index (χ2n) is 16.7. The first-order valence-corrected chi connectivity index (χ1v) is 18.4. The SMILES string of the molecule is Cc1cn2c(C(C)(C)C)c3nc2c(c1C(OC(C)(C)C)C(=O)O)N1CCC(C)(CC1)OCCCC[C@H](C)Oc1cc(F)ccc1-c1cccc-3c1. The number of anilines is 1. The largest absolute Gasteiger partial charge is 0.490 e. The Kier molecular flexibility index (Phi) is 10.0. The average molecular weight is 700 g/mol. The lowest BCUT2D eigenvalue weighted by Gasteiger charge is -2.41. The molecule has 1 N–H and O–H groups in total. The maximum absolute atomic E-state index is 14.6. The summed E-state index contributed by atoms with van der Waals surface area (Å²) in [5, 5.41) is 10.7. The summed E-state index contributed by atoms with van der Waals surface area (Å²) >= 11 is 0. The molecule has 0 saturated carbocycles. The van der Waals surface area contributed by atoms with Crippen LogP contribution >= 0.6 is 0 Å². The minimum absolute atomic E-state index is 0.100. The van der Waals surface area contributed by atoms with E-state index in [4.69, 9.17) is 19.2 Å². The van der Waals surface area contributed by atoms with Crippen molar-refractivity contribution < 1.29 is 28.5 Å². The predicted octanol–water partition coefficient (Wildman–Crippen LogP) is 9.68. The van der Waals surface area contributed by atoms with Gasteiger partial charge in [-0.15, -0.1) is 0 Å². The molecule has 1 saturated heterocycles. The number of nitrogens with zero attached hydrogens (tertiary/aromatic N) is 3. The smallest absolute Gasteiger partial charge is 0.337 e. The van der Waals surface area contributed by atoms with Gasteiger partial charge in [0.2, 0.25) is 0 Å². The van der Waals surface area contributed by atoms with Crippen molar-refractivity contribution in [3.8, 4) is 28.1 Å². The standard InChI is InChI=1S/C42H54FN3O5/c1-26-25-46-37(40(3,4)5)34-29-15-12-14-28(23-29)31-17-16-30(43)24-32(31)50-27(2)13-10-11-22-49-42(9)18-20-45(21-19-42)35(38(46)44-34)33(26)36(39(47)48)51-41(6,7)8/h12,14-17,23-25,27,36H,10-11,13,18-22H2,1-9H3,(H,47,48)/t27-,36?/m0/s1. The Balaban J connectivity index is 1.63. The fourth-order valence-electron chi connectivity index (χ4n) is 7.58. The lowest BCUT2D eigenvalue weighted by atomic mass is 9.88. The molecule has 0 amide bonds. The molecule has 7 rings (SSSR count). The molecule has 0 aliphatic carbocycles. The number of ether oxygens (including phenoxy) is 3. The number of aryl methyl sites for hydroxylation is 1. The molecule has 274 valence electrons. The van der Waals surface area contributed by atoms with E-state index in [0.29, 0.717) is 36.7 Å². The third-order valence-electron chi connectivity index (χ3n) is 10.1. The van der Waals surface area contributed by atoms with Crippen molar-refractivity contribution in [2.24, 2.45) is 0 Å². The molecule has 51 heavy (non-hydrogen) atoms. The van der Waals surface area contributed by atoms with Gasteiger partial charge >= 0.3 is 5.97 Å². The van der Waals surface area contributed by atoms with E-state index in [1.54, 1.807) is 6.07 Å². The van der Waals surface area contributed by atoms with Crippen LogP contribution in [0.15, 0.2) is 48.7 Å². The number of carboxylic acid groups (broad SMARTS) is 1. The van der Waals surface area contributed by atoms with Gasteiger partial charge in [0.25, 0.3) is 0 Å². The maximum atomic E-state index is 14.6. The Morgan fingerprint density at radius 1 is 1.06 bits per heavy atom. The molecule has 6 bridgehead atoms. The number of halogens is 1. The molecular formula is C42H54FN3O5. The highest BCUT2D eigenvalue weighted by molar-refractivity contribution is 5.86. The third kappa shape index (κ3) is 7.80. The molecular weight excluding hydrogens is 645 g/mol. The zero-order valence-corrected chi connectivity index (χ0v) is 31.7. The molecule has 0 spiro atoms. The summed E-state index contributed by atoms with van der Waals surface area (Å²) in [6.07, 6.45) is 4.94. The van der Waals surface area contributed by atoms with E-state index < -0.39 is 17.7 Å². The molecule has 1 fully saturated rings. The van der Waals surface area contributed by atoms with Crippen LogP contribution in [0.1, 0.15) is 110 Å². The van der Waals surface area contributed by atoms with Crippen LogP contribution < -0.4 is 9.64 Å². The highest BCUT2D eigenvalue weighted by Gasteiger charge is 2.38. The topological polar surface area (TPSA) is 85.5 Å². The Bertz CT molecular complexity index is 1910. The molecule has 3 aliphatic heterocycles. The van der Waals surface area contributed by atoms with Gasteiger partial charge in [-0.3, -0.25) is 0 Å². The number of piperidine rings is 1. The quantitative estimate of drug-likeness (QED) is 0.228. The van der Waals surface area contributed by atoms with Crippen LogP contribution in [0.4, 0.5) is 10.1 Å². The van der Waals surface area contributed by atoms with Gasteiger partial charge < -0.3 is 28.6 Å². The number of hydrogen-bond acceptors (Lipinski definition) is 6. The highest BCUT2D eigenvalue weighted by atomic mass is 19.1. The summed E-state index contributed by atoms with van der Waals surface area (Å²) in [6.45, 7) is 20.4. The van der Waals surface area contributed by atoms with E-state index in [9.17, 15) is 14.3 Å². The monoisotopic (exact) mass is 699 g/mol. The van der Waals surface area contributed by atoms with E-state index >= 15 is 0 Å². The van der Waals surface area contributed by atoms with Gasteiger partial charge in [-0.1, -0.05) is 39.0 Å². The summed E-state index contributed by atoms with van der Waals surface area (Å²) in [6, 6.07) is 12.9. The van der Waals surface area contributed by atoms with Crippen LogP contribution in [0.3, 0.4) is 0 Å². The number of hydrogen-bond donors (Lipinski definition) is 1. The summed E-state index contributed by atoms with van der Waals surface area (Å²) in [5.74, 6) is -0.870. The average Bonchev–Trinajstić information content (AvgIpc) is 3.42. The normalized spacial score (nSPS) is 21.0. The summed E-state index contributed by atoms with van der Waals surface area (Å²) in [7, 11) is 0. The van der Waals surface area contributed by atoms with Gasteiger partial charge in [0.15, 0.2) is 11.8 Å². The van der Waals surface area contributed by atoms with Crippen LogP contribution in [0.2, 0.25) is 0 Å². The number of benzene rings is 2. The van der Waals surface area contributed by atoms with Gasteiger partial charge in [-0.2, -0.15) is 0 Å². The Morgan fingerprint density at radius 2 is 1.76 bits per heavy atom. The van der Waals surface area contributed by atoms with Crippen LogP contribution in [-0.4, -0.2) is 57.5 Å². The minimum atomic E-state index is -1.19. The predicted molar refractivity (Wildman–Crippen MR) is 200 cm³/mol. The molecule has 2 atom stereocenters. The van der Waals surface area contributed by atoms with Crippen molar-refractivity contribution in [2.75, 3.05) is 24.6 Å². The van der Waals surface area contributed by atoms with Gasteiger partial charge in [-0.05, 0) is 103 Å². The number of carbonyl (C=O) groups is 1. The number of carboxylic acids is 1. The lowest BCUT2D eigenvalue weighted by molar-refractivity contribution is -0.160. The van der Waals surface area contributed by atoms with Crippen LogP contribution in [0, 0.1) is 12.7 Å². The second kappa shape index (κ2) is 13.9. The fraction of sp³-hybridized carbons (Fsp3) is 0.524. The highest BCUT2D eigenvalue weighted by Crippen LogP contribution is 2.44. The molecule has 0 radical (unpaired) electrons. The van der Waals surface area contributed by atoms with Crippen molar-refractivity contribution in [1.29, 1.82) is 0 Å². The summed E-state index contributed by atoms with van der Waals surface area (Å²) in [4.78, 5) is 20.8. The Morgan fingerprint density at radius 3 is 2.43 bits per heavy atom. The first-order valence-electron chi connectivity index (χ1n) is 18.4. The molecule has 5 heterocycles. The van der Waals surface area contributed by atoms with Gasteiger partial charge in [0, 0.05) is 54.1 Å². The van der Waals surface area contributed by atoms with Gasteiger partial charge in [-0.25, -0.2) is 14.2 Å². The van der Waals surface area contributed by atoms with Crippen molar-refractivity contribution in [3.05, 3.63) is 71.3 Å². The number of rotatable bonds is 3. The number of fused-ring (bicyclic) bond motifs is 8. The summed E-state index contributed by atoms with van der Waals surface area (Å²) < 4.78 is 36.1. The lowest BCUT2D eigenvalue weighted by Crippen LogP contribution is -2.45. The number of aromatic nitrogens is 2. The van der Waals surface area contributed by atoms with Crippen molar-refractivity contribution in [3.63, 3.8) is 0 Å². The first-order chi connectivity index (χ1) is 23.9. The maximum Gasteiger partial charge on any atom is 0.337 e. The van der Waals surface area contributed by atoms with Crippen LogP contribution in [0.25, 0.3) is 28.0 Å². The van der Waals surface area contributed by atoms with E-state index in [2.05, 4.69) is 49.1 Å². The van der Waals surface area contributed by atoms with Crippen molar-refractivity contribution >= 4 is 17.3 Å². The number of aliphatic carboxylic acids is 1. The van der Waals surface area contributed by atoms with E-state index in [0.717, 1.165) is 71.4 Å². The number of pyridine rings is 1. The number of imidazole rings is 1. The molecule has 4 aromatic rings. The Labute approximate surface area is 301 Å². The second-order valence-corrected chi connectivity index (χ2v) is 16.7. The minimum Gasteiger partial charge on any atom is -0.490 e. The first kappa shape index (κ1) is 36.8. The zero-order valence-electron chi connectivity index (χ0n) is 31.7. The van der Waals surface area contributed by atoms with E-state index in [1.807, 2.05) is 52.9 Å². The molecule has 9 heteroatoms. The molecule has 1 unspecified atom stereocenters.